The first-order valence-corrected chi connectivity index (χ1v) is 11.9. The number of aromatic nitrogens is 4. The maximum absolute atomic E-state index is 14.4. The summed E-state index contributed by atoms with van der Waals surface area (Å²) in [6, 6.07) is 5.43. The Bertz CT molecular complexity index is 1390. The lowest BCUT2D eigenvalue weighted by Crippen LogP contribution is -2.42. The van der Waals surface area contributed by atoms with Crippen molar-refractivity contribution in [2.24, 2.45) is 14.1 Å². The van der Waals surface area contributed by atoms with Gasteiger partial charge in [-0.15, -0.1) is 0 Å². The molecule has 4 heterocycles. The van der Waals surface area contributed by atoms with Gasteiger partial charge in [-0.3, -0.25) is 24.4 Å². The first-order valence-electron chi connectivity index (χ1n) is 11.9. The van der Waals surface area contributed by atoms with Crippen molar-refractivity contribution in [1.82, 2.24) is 29.8 Å². The summed E-state index contributed by atoms with van der Waals surface area (Å²) in [5.41, 5.74) is -0.294. The van der Waals surface area contributed by atoms with Crippen LogP contribution in [0, 0.1) is 5.95 Å². The van der Waals surface area contributed by atoms with Crippen LogP contribution in [-0.2, 0) is 23.7 Å². The molecule has 2 aliphatic heterocycles. The first-order chi connectivity index (χ1) is 17.7. The average molecular weight is 518 g/mol. The number of nitrogens with one attached hydrogen (secondary N) is 1. The summed E-state index contributed by atoms with van der Waals surface area (Å²) in [5, 5.41) is 11.1. The Kier molecular flexibility index (Phi) is 6.38. The molecule has 1 atom stereocenters. The van der Waals surface area contributed by atoms with Crippen molar-refractivity contribution in [3.05, 3.63) is 41.1 Å². The van der Waals surface area contributed by atoms with Gasteiger partial charge in [0.15, 0.2) is 0 Å². The van der Waals surface area contributed by atoms with Crippen molar-refractivity contribution in [2.75, 3.05) is 13.1 Å². The van der Waals surface area contributed by atoms with E-state index in [-0.39, 0.29) is 37.4 Å². The fraction of sp³-hybridized carbons (Fsp3) is 0.458. The molecule has 1 N–H and O–H groups in total. The largest absolute Gasteiger partial charge is 0.488 e. The summed E-state index contributed by atoms with van der Waals surface area (Å²) in [6.45, 7) is 0.396. The van der Waals surface area contributed by atoms with E-state index in [9.17, 15) is 27.6 Å². The molecule has 1 unspecified atom stereocenters. The number of para-hydroxylation sites is 1. The summed E-state index contributed by atoms with van der Waals surface area (Å²) in [4.78, 5) is 38.1. The van der Waals surface area contributed by atoms with E-state index in [1.54, 1.807) is 23.9 Å². The SMILES string of the molecule is Cn1nc(C(F)F)c(C(=O)N2CCC(Oc3cccc4c(C5CCC(=O)NC5=O)nn(C)c34)CC2)c1F. The van der Waals surface area contributed by atoms with Crippen molar-refractivity contribution >= 4 is 28.6 Å². The monoisotopic (exact) mass is 518 g/mol. The number of imide groups is 1. The molecule has 0 aliphatic carbocycles. The lowest BCUT2D eigenvalue weighted by atomic mass is 9.93. The number of nitrogens with zero attached hydrogens (tertiary/aromatic N) is 5. The summed E-state index contributed by atoms with van der Waals surface area (Å²) in [5.74, 6) is -2.58. The van der Waals surface area contributed by atoms with Gasteiger partial charge < -0.3 is 9.64 Å². The standard InChI is InChI=1S/C24H25F3N6O4/c1-31-20-13(18(29-31)14-6-7-16(34)28-23(14)35)4-3-5-15(20)37-12-8-10-33(11-9-12)24(36)17-19(21(25)26)30-32(2)22(17)27/h3-5,12,14,21H,6-11H2,1-2H3,(H,28,34,35). The quantitative estimate of drug-likeness (QED) is 0.520. The Hall–Kier alpha value is -3.90. The Balaban J connectivity index is 1.31. The number of hydrogen-bond donors (Lipinski definition) is 1. The van der Waals surface area contributed by atoms with Crippen LogP contribution in [0.1, 0.15) is 59.8 Å². The highest BCUT2D eigenvalue weighted by Crippen LogP contribution is 2.35. The lowest BCUT2D eigenvalue weighted by Gasteiger charge is -2.32. The smallest absolute Gasteiger partial charge is 0.283 e. The van der Waals surface area contributed by atoms with Crippen molar-refractivity contribution in [1.29, 1.82) is 0 Å². The molecule has 2 aliphatic rings. The number of alkyl halides is 2. The number of likely N-dealkylation sites (tertiary alicyclic amines) is 1. The Labute approximate surface area is 209 Å². The van der Waals surface area contributed by atoms with Gasteiger partial charge in [-0.1, -0.05) is 12.1 Å². The van der Waals surface area contributed by atoms with Crippen molar-refractivity contribution in [3.63, 3.8) is 0 Å². The molecule has 196 valence electrons. The number of amides is 3. The zero-order valence-corrected chi connectivity index (χ0v) is 20.2. The van der Waals surface area contributed by atoms with Crippen LogP contribution in [0.4, 0.5) is 13.2 Å². The summed E-state index contributed by atoms with van der Waals surface area (Å²) in [7, 11) is 2.91. The normalized spacial score (nSPS) is 19.1. The first kappa shape index (κ1) is 24.8. The second kappa shape index (κ2) is 9.52. The predicted octanol–water partition coefficient (Wildman–Crippen LogP) is 2.59. The van der Waals surface area contributed by atoms with Crippen LogP contribution >= 0.6 is 0 Å². The molecular formula is C24H25F3N6O4. The van der Waals surface area contributed by atoms with E-state index in [2.05, 4.69) is 15.5 Å². The van der Waals surface area contributed by atoms with Gasteiger partial charge >= 0.3 is 0 Å². The molecule has 0 radical (unpaired) electrons. The average Bonchev–Trinajstić information content (AvgIpc) is 3.36. The number of carbonyl (C=O) groups is 3. The van der Waals surface area contributed by atoms with E-state index in [4.69, 9.17) is 4.74 Å². The molecule has 0 bridgehead atoms. The number of rotatable bonds is 5. The van der Waals surface area contributed by atoms with E-state index in [0.29, 0.717) is 40.9 Å². The topological polar surface area (TPSA) is 111 Å². The molecule has 2 saturated heterocycles. The third kappa shape index (κ3) is 4.42. The minimum Gasteiger partial charge on any atom is -0.488 e. The zero-order chi connectivity index (χ0) is 26.4. The third-order valence-electron chi connectivity index (χ3n) is 6.87. The number of halogens is 3. The van der Waals surface area contributed by atoms with Crippen LogP contribution < -0.4 is 10.1 Å². The highest BCUT2D eigenvalue weighted by molar-refractivity contribution is 6.03. The minimum absolute atomic E-state index is 0.198. The van der Waals surface area contributed by atoms with Crippen LogP contribution in [0.3, 0.4) is 0 Å². The van der Waals surface area contributed by atoms with Gasteiger partial charge in [0, 0.05) is 51.8 Å². The van der Waals surface area contributed by atoms with Crippen LogP contribution in [0.25, 0.3) is 10.9 Å². The number of ether oxygens (including phenoxy) is 1. The highest BCUT2D eigenvalue weighted by Gasteiger charge is 2.35. The number of benzene rings is 1. The Morgan fingerprint density at radius 3 is 2.51 bits per heavy atom. The zero-order valence-electron chi connectivity index (χ0n) is 20.2. The second-order valence-electron chi connectivity index (χ2n) is 9.25. The number of carbonyl (C=O) groups excluding carboxylic acids is 3. The molecular weight excluding hydrogens is 493 g/mol. The van der Waals surface area contributed by atoms with Gasteiger partial charge in [0.1, 0.15) is 28.6 Å². The number of fused-ring (bicyclic) bond motifs is 1. The molecule has 37 heavy (non-hydrogen) atoms. The van der Waals surface area contributed by atoms with Crippen LogP contribution in [0.15, 0.2) is 18.2 Å². The van der Waals surface area contributed by atoms with E-state index >= 15 is 0 Å². The van der Waals surface area contributed by atoms with Crippen LogP contribution in [-0.4, -0.2) is 61.4 Å². The van der Waals surface area contributed by atoms with E-state index in [0.717, 1.165) is 5.39 Å². The predicted molar refractivity (Wildman–Crippen MR) is 124 cm³/mol. The van der Waals surface area contributed by atoms with Crippen LogP contribution in [0.2, 0.25) is 0 Å². The molecule has 13 heteroatoms. The summed E-state index contributed by atoms with van der Waals surface area (Å²) < 4.78 is 49.5. The van der Waals surface area contributed by atoms with Gasteiger partial charge in [-0.2, -0.15) is 14.6 Å². The molecule has 1 aromatic carbocycles. The number of piperidine rings is 2. The molecule has 3 aromatic rings. The van der Waals surface area contributed by atoms with Crippen molar-refractivity contribution < 1.29 is 32.3 Å². The molecule has 0 saturated carbocycles. The number of aryl methyl sites for hydroxylation is 2. The molecule has 3 amide bonds. The van der Waals surface area contributed by atoms with Gasteiger partial charge in [-0.05, 0) is 12.5 Å². The van der Waals surface area contributed by atoms with Crippen molar-refractivity contribution in [2.45, 2.75) is 44.1 Å². The van der Waals surface area contributed by atoms with E-state index in [1.807, 2.05) is 6.07 Å². The maximum atomic E-state index is 14.4. The Morgan fingerprint density at radius 1 is 1.11 bits per heavy atom. The summed E-state index contributed by atoms with van der Waals surface area (Å²) >= 11 is 0. The molecule has 10 nitrogen and oxygen atoms in total. The van der Waals surface area contributed by atoms with Gasteiger partial charge in [0.05, 0.1) is 11.6 Å². The molecule has 2 fully saturated rings. The highest BCUT2D eigenvalue weighted by atomic mass is 19.3. The second-order valence-corrected chi connectivity index (χ2v) is 9.25. The van der Waals surface area contributed by atoms with E-state index in [1.165, 1.54) is 11.9 Å². The number of hydrogen-bond acceptors (Lipinski definition) is 6. The lowest BCUT2D eigenvalue weighted by molar-refractivity contribution is -0.134. The van der Waals surface area contributed by atoms with E-state index < -0.39 is 35.5 Å². The van der Waals surface area contributed by atoms with Gasteiger partial charge in [0.25, 0.3) is 12.3 Å². The minimum atomic E-state index is -3.07. The molecule has 0 spiro atoms. The summed E-state index contributed by atoms with van der Waals surface area (Å²) in [6.07, 6.45) is -1.92. The van der Waals surface area contributed by atoms with Gasteiger partial charge in [-0.25, -0.2) is 13.5 Å². The third-order valence-corrected chi connectivity index (χ3v) is 6.87. The van der Waals surface area contributed by atoms with Gasteiger partial charge in [0.2, 0.25) is 17.8 Å². The Morgan fingerprint density at radius 2 is 1.84 bits per heavy atom. The molecule has 5 rings (SSSR count). The maximum Gasteiger partial charge on any atom is 0.283 e. The fourth-order valence-corrected chi connectivity index (χ4v) is 5.02. The molecule has 2 aromatic heterocycles. The fourth-order valence-electron chi connectivity index (χ4n) is 5.02. The van der Waals surface area contributed by atoms with Crippen molar-refractivity contribution in [3.8, 4) is 5.75 Å². The van der Waals surface area contributed by atoms with Crippen LogP contribution in [0.5, 0.6) is 5.75 Å².